The lowest BCUT2D eigenvalue weighted by atomic mass is 15.9. The number of rotatable bonds is 0. The van der Waals surface area contributed by atoms with Crippen LogP contribution in [-0.2, 0) is 10.9 Å². The lowest BCUT2D eigenvalue weighted by molar-refractivity contribution is 0.488. The highest BCUT2D eigenvalue weighted by Crippen LogP contribution is 1.26. The van der Waals surface area contributed by atoms with Crippen molar-refractivity contribution in [3.05, 3.63) is 0 Å². The molecule has 26 valence electrons. The van der Waals surface area contributed by atoms with Gasteiger partial charge in [0.25, 0.3) is 0 Å². The van der Waals surface area contributed by atoms with Gasteiger partial charge in [0.15, 0.2) is 1.12 Å². The molecule has 0 spiro atoms. The lowest BCUT2D eigenvalue weighted by Gasteiger charge is -1.68. The molecule has 0 heterocycles. The topological polar surface area (TPSA) is 57.2 Å². The first-order valence-electron chi connectivity index (χ1n) is 0.908. The van der Waals surface area contributed by atoms with Gasteiger partial charge in [-0.25, -0.2) is 8.42 Å². The second-order valence-corrected chi connectivity index (χ2v) is 0.612. The molecule has 0 N–H and O–H groups in total. The Morgan fingerprint density at radius 1 is 2.00 bits per heavy atom. The molecule has 0 fully saturated rings. The van der Waals surface area contributed by atoms with Crippen molar-refractivity contribution in [3.63, 3.8) is 0 Å². The van der Waals surface area contributed by atoms with E-state index in [4.69, 9.17) is 14.1 Å². The van der Waals surface area contributed by atoms with E-state index in [1.54, 1.807) is 0 Å². The van der Waals surface area contributed by atoms with Crippen LogP contribution in [0, 0.1) is 0 Å². The van der Waals surface area contributed by atoms with Crippen molar-refractivity contribution in [2.45, 2.75) is 0 Å². The summed E-state index contributed by atoms with van der Waals surface area (Å²) in [6, 6.07) is 0. The van der Waals surface area contributed by atoms with Gasteiger partial charge in [0.2, 0.25) is 0 Å². The zero-order valence-corrected chi connectivity index (χ0v) is 2.45. The van der Waals surface area contributed by atoms with Gasteiger partial charge in [-0.15, -0.1) is 0 Å². The third-order valence-electron chi connectivity index (χ3n) is 0. The predicted molar refractivity (Wildman–Crippen MR) is 11.1 cm³/mol. The minimum Gasteiger partial charge on any atom is -0.750 e. The van der Waals surface area contributed by atoms with Crippen LogP contribution in [0.3, 0.4) is 0 Å². The van der Waals surface area contributed by atoms with E-state index >= 15 is 0 Å². The summed E-state index contributed by atoms with van der Waals surface area (Å²) in [5.41, 5.74) is 0. The largest absolute Gasteiger partial charge is 0.750 e. The van der Waals surface area contributed by atoms with Crippen LogP contribution >= 0.6 is 0 Å². The second kappa shape index (κ2) is 1.25. The first-order chi connectivity index (χ1) is 2.00. The monoisotopic (exact) mass is 82.0 g/mol. The highest BCUT2D eigenvalue weighted by atomic mass is 32.2. The van der Waals surface area contributed by atoms with Gasteiger partial charge < -0.3 is 4.55 Å². The molecule has 0 rings (SSSR count). The fourth-order valence-corrected chi connectivity index (χ4v) is 0. The normalized spacial score (nSPS) is 14.8. The van der Waals surface area contributed by atoms with Crippen molar-refractivity contribution < 1.29 is 13.0 Å². The zero-order chi connectivity index (χ0) is 4.50. The Kier molecular flexibility index (Phi) is 0.679. The highest BCUT2D eigenvalue weighted by Gasteiger charge is 1.25. The van der Waals surface area contributed by atoms with Crippen molar-refractivity contribution in [3.8, 4) is 0 Å². The Morgan fingerprint density at radius 2 is 2.00 bits per heavy atom. The van der Waals surface area contributed by atoms with Crippen LogP contribution in [0.2, 0.25) is 0 Å². The average Bonchev–Trinajstić information content (AvgIpc) is 0.722. The van der Waals surface area contributed by atoms with Gasteiger partial charge in [-0.3, -0.25) is 0 Å². The maximum atomic E-state index is 8.74. The molecule has 4 heavy (non-hydrogen) atoms. The van der Waals surface area contributed by atoms with Gasteiger partial charge in [0, 0.05) is 0 Å². The van der Waals surface area contributed by atoms with Crippen molar-refractivity contribution in [1.82, 2.24) is 0 Å². The minimum absolute atomic E-state index is 4.67. The van der Waals surface area contributed by atoms with Crippen molar-refractivity contribution in [2.24, 2.45) is 0 Å². The quantitative estimate of drug-likeness (QED) is 0.293. The van der Waals surface area contributed by atoms with E-state index in [1.807, 2.05) is 0 Å². The van der Waals surface area contributed by atoms with Crippen molar-refractivity contribution in [1.29, 1.82) is 1.12 Å². The third kappa shape index (κ3) is 195. The summed E-state index contributed by atoms with van der Waals surface area (Å²) in [5.74, 6) is 0. The molecule has 0 saturated carbocycles. The minimum atomic E-state index is -4.67. The van der Waals surface area contributed by atoms with Gasteiger partial charge >= 0.3 is 0 Å². The summed E-state index contributed by atoms with van der Waals surface area (Å²) < 4.78 is 31.6. The van der Waals surface area contributed by atoms with Gasteiger partial charge in [-0.05, 0) is 0 Å². The first kappa shape index (κ1) is 2.17. The molecule has 0 aromatic rings. The third-order valence-corrected chi connectivity index (χ3v) is 0. The zero-order valence-electron chi connectivity index (χ0n) is 2.63. The summed E-state index contributed by atoms with van der Waals surface area (Å²) in [5, 5.41) is 0. The fourth-order valence-electron chi connectivity index (χ4n) is 0. The number of hydrogen-bond acceptors (Lipinski definition) is 3. The van der Waals surface area contributed by atoms with Crippen LogP contribution in [0.15, 0.2) is 0 Å². The second-order valence-electron chi connectivity index (χ2n) is 0.204. The van der Waals surface area contributed by atoms with Crippen LogP contribution in [0.4, 0.5) is 0 Å². The Hall–Kier alpha value is -0.0900. The standard InChI is InChI=1S/H2O3S/c1-4(2)3/h4H,(H,1,2,3)/p-1/i4D. The average molecular weight is 82.1 g/mol. The van der Waals surface area contributed by atoms with E-state index < -0.39 is 10.9 Å². The molecule has 0 aliphatic heterocycles. The molecule has 0 aliphatic rings. The van der Waals surface area contributed by atoms with Gasteiger partial charge in [-0.2, -0.15) is 0 Å². The van der Waals surface area contributed by atoms with Crippen molar-refractivity contribution in [2.75, 3.05) is 0 Å². The van der Waals surface area contributed by atoms with Gasteiger partial charge in [0.05, 0.1) is 10.9 Å². The Morgan fingerprint density at radius 3 is 2.00 bits per heavy atom. The van der Waals surface area contributed by atoms with E-state index in [1.165, 1.54) is 0 Å². The van der Waals surface area contributed by atoms with Crippen LogP contribution < -0.4 is 0 Å². The van der Waals surface area contributed by atoms with E-state index in [-0.39, 0.29) is 0 Å². The summed E-state index contributed by atoms with van der Waals surface area (Å²) >= 11 is 0. The van der Waals surface area contributed by atoms with Crippen LogP contribution in [0.1, 0.15) is 0 Å². The molecule has 0 saturated heterocycles. The summed E-state index contributed by atoms with van der Waals surface area (Å²) in [4.78, 5) is 0. The molecule has 0 aliphatic carbocycles. The van der Waals surface area contributed by atoms with Crippen LogP contribution in [0.25, 0.3) is 0 Å². The van der Waals surface area contributed by atoms with E-state index in [9.17, 15) is 0 Å². The maximum Gasteiger partial charge on any atom is 0.158 e. The molecule has 0 radical (unpaired) electrons. The van der Waals surface area contributed by atoms with Crippen molar-refractivity contribution >= 4 is 10.9 Å². The number of thiol groups is 1. The molecular weight excluding hydrogens is 80.1 g/mol. The fraction of sp³-hybridized carbons (Fsp3) is 0. The predicted octanol–water partition coefficient (Wildman–Crippen LogP) is -1.27. The molecule has 4 heteroatoms. The molecule has 3 nitrogen and oxygen atoms in total. The Balaban J connectivity index is 4.06. The van der Waals surface area contributed by atoms with Crippen LogP contribution in [0.5, 0.6) is 0 Å². The summed E-state index contributed by atoms with van der Waals surface area (Å²) in [6.45, 7) is 0. The highest BCUT2D eigenvalue weighted by molar-refractivity contribution is 7.66. The van der Waals surface area contributed by atoms with E-state index in [2.05, 4.69) is 0 Å². The van der Waals surface area contributed by atoms with Gasteiger partial charge in [0.1, 0.15) is 0 Å². The molecule has 0 amide bonds. The molecule has 0 bridgehead atoms. The Bertz CT molecular complexity index is 90.1. The van der Waals surface area contributed by atoms with E-state index in [0.29, 0.717) is 0 Å². The van der Waals surface area contributed by atoms with Crippen LogP contribution in [-0.4, -0.2) is 14.1 Å². The SMILES string of the molecule is [2H]S(=O)(=O)[O-]. The Labute approximate surface area is 26.1 Å². The summed E-state index contributed by atoms with van der Waals surface area (Å²) in [6.07, 6.45) is 0. The van der Waals surface area contributed by atoms with E-state index in [0.717, 1.165) is 0 Å². The molecule has 0 aromatic carbocycles. The lowest BCUT2D eigenvalue weighted by Crippen LogP contribution is -1.59. The van der Waals surface area contributed by atoms with Gasteiger partial charge in [-0.1, -0.05) is 0 Å². The summed E-state index contributed by atoms with van der Waals surface area (Å²) in [7, 11) is -4.67. The smallest absolute Gasteiger partial charge is 0.158 e. The molecule has 0 aromatic heterocycles. The molecule has 0 unspecified atom stereocenters. The molecular formula is HO3S-. The first-order valence-corrected chi connectivity index (χ1v) is 1.50. The molecule has 0 atom stereocenters. The number of hydrogen-bond donors (Lipinski definition) is 1. The maximum absolute atomic E-state index is 8.74.